The fourth-order valence-electron chi connectivity index (χ4n) is 10.7. The topological polar surface area (TPSA) is 245 Å². The summed E-state index contributed by atoms with van der Waals surface area (Å²) < 4.78 is 32.1. The molecule has 0 saturated carbocycles. The summed E-state index contributed by atoms with van der Waals surface area (Å²) in [5.41, 5.74) is 4.93. The number of likely N-dealkylation sites (N-methyl/N-ethyl adjacent to an activating group) is 1. The number of aromatic amines is 1. The Morgan fingerprint density at radius 2 is 1.60 bits per heavy atom. The molecule has 20 nitrogen and oxygen atoms in total. The molecule has 83 heavy (non-hydrogen) atoms. The Morgan fingerprint density at radius 1 is 0.867 bits per heavy atom. The SMILES string of the molecule is Cc1[nH]nc(Nc2ncnc3cc(OCC4CCN(c5cc(Oc6ccc7c(c6)CN(C(=O)C(NC(=O)[C@H](C)N(C)C(=O)OC(C)(C)C)C(C)(C)C)[C@H](C(=O)N[C@@H]6CCCc8ccccc86)C7)ncn5)CC4)c([S+]([O-])C(C)(C)C)cc23)c1C. The van der Waals surface area contributed by atoms with Crippen molar-refractivity contribution in [2.45, 2.75) is 168 Å². The molecule has 2 unspecified atom stereocenters. The molecule has 3 aliphatic rings. The Morgan fingerprint density at radius 3 is 2.30 bits per heavy atom. The number of rotatable bonds is 15. The van der Waals surface area contributed by atoms with Crippen LogP contribution in [0.3, 0.4) is 0 Å². The summed E-state index contributed by atoms with van der Waals surface area (Å²) in [5.74, 6) is 2.24. The summed E-state index contributed by atoms with van der Waals surface area (Å²) in [6.45, 7) is 24.1. The number of hydrogen-bond acceptors (Lipinski definition) is 15. The molecule has 442 valence electrons. The van der Waals surface area contributed by atoms with Crippen molar-refractivity contribution in [3.63, 3.8) is 0 Å². The van der Waals surface area contributed by atoms with Gasteiger partial charge in [-0.25, -0.2) is 24.7 Å². The van der Waals surface area contributed by atoms with E-state index >= 15 is 4.79 Å². The lowest BCUT2D eigenvalue weighted by atomic mass is 9.83. The van der Waals surface area contributed by atoms with Crippen LogP contribution in [0.4, 0.5) is 22.2 Å². The van der Waals surface area contributed by atoms with E-state index in [1.54, 1.807) is 32.6 Å². The third kappa shape index (κ3) is 13.9. The van der Waals surface area contributed by atoms with Crippen LogP contribution in [0.15, 0.2) is 78.2 Å². The molecule has 6 aromatic rings. The molecule has 3 aromatic heterocycles. The molecular weight excluding hydrogens is 1070 g/mol. The molecule has 5 atom stereocenters. The van der Waals surface area contributed by atoms with Crippen molar-refractivity contribution in [3.05, 3.63) is 107 Å². The van der Waals surface area contributed by atoms with E-state index in [1.165, 1.54) is 30.2 Å². The van der Waals surface area contributed by atoms with Crippen LogP contribution in [-0.4, -0.2) is 124 Å². The van der Waals surface area contributed by atoms with Crippen LogP contribution in [0, 0.1) is 25.2 Å². The molecular formula is C62H80N12O8S. The van der Waals surface area contributed by atoms with Crippen molar-refractivity contribution in [1.82, 2.24) is 50.6 Å². The Bertz CT molecular complexity index is 3360. The summed E-state index contributed by atoms with van der Waals surface area (Å²) in [4.78, 5) is 80.7. The lowest BCUT2D eigenvalue weighted by molar-refractivity contribution is -0.147. The molecule has 4 amide bonds. The van der Waals surface area contributed by atoms with Gasteiger partial charge in [-0.2, -0.15) is 5.10 Å². The summed E-state index contributed by atoms with van der Waals surface area (Å²) in [5, 5.41) is 17.7. The number of nitrogens with one attached hydrogen (secondary N) is 4. The monoisotopic (exact) mass is 1150 g/mol. The lowest BCUT2D eigenvalue weighted by Crippen LogP contribution is -2.62. The number of H-pyrrole nitrogens is 1. The minimum atomic E-state index is -1.42. The van der Waals surface area contributed by atoms with E-state index in [9.17, 15) is 18.9 Å². The third-order valence-corrected chi connectivity index (χ3v) is 17.7. The number of anilines is 3. The van der Waals surface area contributed by atoms with Crippen molar-refractivity contribution >= 4 is 63.3 Å². The minimum absolute atomic E-state index is 0.0592. The van der Waals surface area contributed by atoms with Gasteiger partial charge in [-0.3, -0.25) is 24.4 Å². The number of nitrogens with zero attached hydrogens (tertiary/aromatic N) is 8. The number of amides is 4. The number of fused-ring (bicyclic) bond motifs is 3. The van der Waals surface area contributed by atoms with Gasteiger partial charge in [0.15, 0.2) is 16.5 Å². The van der Waals surface area contributed by atoms with Gasteiger partial charge >= 0.3 is 6.09 Å². The highest BCUT2D eigenvalue weighted by molar-refractivity contribution is 7.92. The van der Waals surface area contributed by atoms with E-state index in [-0.39, 0.29) is 30.8 Å². The molecule has 0 bridgehead atoms. The second kappa shape index (κ2) is 24.4. The molecule has 2 aliphatic heterocycles. The van der Waals surface area contributed by atoms with Crippen LogP contribution < -0.4 is 30.3 Å². The molecule has 21 heteroatoms. The van der Waals surface area contributed by atoms with Gasteiger partial charge in [0.1, 0.15) is 58.5 Å². The van der Waals surface area contributed by atoms with Crippen LogP contribution in [0.25, 0.3) is 10.9 Å². The molecule has 3 aromatic carbocycles. The molecule has 0 radical (unpaired) electrons. The second-order valence-electron chi connectivity index (χ2n) is 25.3. The van der Waals surface area contributed by atoms with Gasteiger partial charge in [-0.1, -0.05) is 51.1 Å². The number of aromatic nitrogens is 6. The third-order valence-electron chi connectivity index (χ3n) is 15.8. The molecule has 9 rings (SSSR count). The molecule has 5 heterocycles. The first-order valence-electron chi connectivity index (χ1n) is 28.7. The van der Waals surface area contributed by atoms with Crippen LogP contribution in [0.5, 0.6) is 17.4 Å². The average Bonchev–Trinajstić information content (AvgIpc) is 3.33. The van der Waals surface area contributed by atoms with Gasteiger partial charge in [0.25, 0.3) is 0 Å². The highest BCUT2D eigenvalue weighted by atomic mass is 32.2. The largest absolute Gasteiger partial charge is 0.611 e. The highest BCUT2D eigenvalue weighted by Gasteiger charge is 2.44. The van der Waals surface area contributed by atoms with Crippen molar-refractivity contribution in [3.8, 4) is 17.4 Å². The molecule has 4 N–H and O–H groups in total. The van der Waals surface area contributed by atoms with Gasteiger partial charge in [0.2, 0.25) is 23.6 Å². The van der Waals surface area contributed by atoms with E-state index < -0.39 is 63.0 Å². The number of hydrogen-bond donors (Lipinski definition) is 4. The first-order valence-corrected chi connectivity index (χ1v) is 29.8. The van der Waals surface area contributed by atoms with Gasteiger partial charge in [0.05, 0.1) is 18.2 Å². The predicted octanol–water partition coefficient (Wildman–Crippen LogP) is 9.73. The van der Waals surface area contributed by atoms with E-state index in [4.69, 9.17) is 14.2 Å². The van der Waals surface area contributed by atoms with Crippen LogP contribution in [0.1, 0.15) is 134 Å². The standard InChI is InChI=1S/C62H80N12O8S/c1-36-37(2)70-71-54(36)69-55-45-29-50(83(79)62(10,11)12)49(30-47(45)63-34-66-55)80-33-39-23-25-73(26-24-39)51-31-52(65-35-64-51)81-43-22-21-41-28-48(57(76)67-46-20-16-18-40-17-14-15-19-44(40)46)74(32-42(41)27-43)58(77)53(60(4,5)6)68-56(75)38(3)72(13)59(78)82-61(7,8)9/h14-15,17,19,21-22,27,29-31,34-35,38-39,46,48,53H,16,18,20,23-26,28,32-33H2,1-13H3,(H,67,76)(H,68,75)(H2,63,66,69,70,71)/t38-,46+,48-,53?,83?/m0/s1. The Balaban J connectivity index is 0.890. The molecule has 1 fully saturated rings. The maximum absolute atomic E-state index is 15.2. The van der Waals surface area contributed by atoms with Crippen molar-refractivity contribution in [2.75, 3.05) is 37.0 Å². The maximum Gasteiger partial charge on any atom is 0.410 e. The number of carbonyl (C=O) groups is 4. The van der Waals surface area contributed by atoms with Crippen molar-refractivity contribution in [1.29, 1.82) is 0 Å². The van der Waals surface area contributed by atoms with Gasteiger partial charge in [-0.05, 0) is 151 Å². The molecule has 1 saturated heterocycles. The Labute approximate surface area is 489 Å². The zero-order valence-corrected chi connectivity index (χ0v) is 51.0. The first-order chi connectivity index (χ1) is 39.2. The van der Waals surface area contributed by atoms with Crippen molar-refractivity contribution < 1.29 is 37.9 Å². The van der Waals surface area contributed by atoms with Crippen LogP contribution in [0.2, 0.25) is 0 Å². The lowest BCUT2D eigenvalue weighted by Gasteiger charge is -2.42. The summed E-state index contributed by atoms with van der Waals surface area (Å²) in [6, 6.07) is 16.2. The number of ether oxygens (including phenoxy) is 3. The highest BCUT2D eigenvalue weighted by Crippen LogP contribution is 2.39. The fourth-order valence-corrected chi connectivity index (χ4v) is 11.9. The number of aryl methyl sites for hydroxylation is 2. The van der Waals surface area contributed by atoms with E-state index in [1.807, 2.05) is 104 Å². The smallest absolute Gasteiger partial charge is 0.410 e. The maximum atomic E-state index is 15.2. The quantitative estimate of drug-likeness (QED) is 0.0699. The summed E-state index contributed by atoms with van der Waals surface area (Å²) >= 11 is -1.42. The fraction of sp³-hybridized carbons (Fsp3) is 0.500. The summed E-state index contributed by atoms with van der Waals surface area (Å²) in [6.07, 6.45) is 6.78. The van der Waals surface area contributed by atoms with E-state index in [0.717, 1.165) is 60.1 Å². The van der Waals surface area contributed by atoms with E-state index in [2.05, 4.69) is 63.1 Å². The number of piperidine rings is 1. The van der Waals surface area contributed by atoms with Gasteiger partial charge in [0, 0.05) is 67.9 Å². The summed E-state index contributed by atoms with van der Waals surface area (Å²) in [7, 11) is 1.49. The predicted molar refractivity (Wildman–Crippen MR) is 319 cm³/mol. The van der Waals surface area contributed by atoms with Crippen molar-refractivity contribution in [2.24, 2.45) is 11.3 Å². The van der Waals surface area contributed by atoms with E-state index in [0.29, 0.717) is 70.3 Å². The zero-order valence-electron chi connectivity index (χ0n) is 50.1. The molecule has 0 spiro atoms. The average molecular weight is 1150 g/mol. The minimum Gasteiger partial charge on any atom is -0.611 e. The zero-order chi connectivity index (χ0) is 59.7. The van der Waals surface area contributed by atoms with Gasteiger partial charge < -0.3 is 44.5 Å². The Hall–Kier alpha value is -7.52. The normalized spacial score (nSPS) is 17.8. The second-order valence-corrected chi connectivity index (χ2v) is 27.5. The van der Waals surface area contributed by atoms with Crippen LogP contribution in [-0.2, 0) is 49.7 Å². The molecule has 1 aliphatic carbocycles. The first kappa shape index (κ1) is 60.1. The Kier molecular flexibility index (Phi) is 17.6. The van der Waals surface area contributed by atoms with Gasteiger partial charge in [-0.15, -0.1) is 0 Å². The van der Waals surface area contributed by atoms with Crippen LogP contribution >= 0.6 is 0 Å². The number of carbonyl (C=O) groups excluding carboxylic acids is 4. The number of benzene rings is 3.